The van der Waals surface area contributed by atoms with Crippen molar-refractivity contribution in [1.82, 2.24) is 10.2 Å². The van der Waals surface area contributed by atoms with Gasteiger partial charge in [-0.2, -0.15) is 0 Å². The Morgan fingerprint density at radius 1 is 1.27 bits per heavy atom. The molecule has 0 aromatic heterocycles. The molecular formula is C16H27N3O3. The van der Waals surface area contributed by atoms with Crippen molar-refractivity contribution in [1.29, 1.82) is 0 Å². The van der Waals surface area contributed by atoms with E-state index < -0.39 is 5.60 Å². The van der Waals surface area contributed by atoms with Gasteiger partial charge in [0.1, 0.15) is 12.1 Å². The van der Waals surface area contributed by atoms with Crippen molar-refractivity contribution >= 4 is 11.9 Å². The van der Waals surface area contributed by atoms with Crippen LogP contribution in [0.15, 0.2) is 4.99 Å². The number of hydrogen-bond donors (Lipinski definition) is 1. The fourth-order valence-electron chi connectivity index (χ4n) is 3.99. The van der Waals surface area contributed by atoms with Gasteiger partial charge in [0.05, 0.1) is 12.2 Å². The highest BCUT2D eigenvalue weighted by atomic mass is 16.6. The van der Waals surface area contributed by atoms with E-state index in [-0.39, 0.29) is 12.5 Å². The molecule has 3 heterocycles. The number of hydrogen-bond acceptors (Lipinski definition) is 4. The van der Waals surface area contributed by atoms with E-state index in [1.54, 1.807) is 7.05 Å². The number of guanidine groups is 1. The van der Waals surface area contributed by atoms with Crippen LogP contribution in [0.1, 0.15) is 33.6 Å². The number of ether oxygens (including phenoxy) is 2. The molecule has 4 unspecified atom stereocenters. The van der Waals surface area contributed by atoms with Gasteiger partial charge in [-0.1, -0.05) is 0 Å². The molecule has 0 aromatic rings. The van der Waals surface area contributed by atoms with Crippen LogP contribution in [0.4, 0.5) is 0 Å². The molecule has 2 bridgehead atoms. The second-order valence-corrected chi connectivity index (χ2v) is 7.51. The lowest BCUT2D eigenvalue weighted by Crippen LogP contribution is -2.44. The highest BCUT2D eigenvalue weighted by molar-refractivity contribution is 5.84. The number of carbonyl (C=O) groups is 1. The zero-order chi connectivity index (χ0) is 15.9. The molecule has 3 aliphatic heterocycles. The van der Waals surface area contributed by atoms with Crippen molar-refractivity contribution in [3.05, 3.63) is 0 Å². The molecule has 6 heteroatoms. The monoisotopic (exact) mass is 309 g/mol. The SMILES string of the molecule is CN=C(NCC(=O)OC(C)(C)C)N1CC2C3CCC(O3)C2C1. The molecule has 3 rings (SSSR count). The van der Waals surface area contributed by atoms with Crippen LogP contribution >= 0.6 is 0 Å². The molecule has 3 fully saturated rings. The summed E-state index contributed by atoms with van der Waals surface area (Å²) in [7, 11) is 1.76. The van der Waals surface area contributed by atoms with Gasteiger partial charge in [0, 0.05) is 32.0 Å². The lowest BCUT2D eigenvalue weighted by atomic mass is 9.82. The summed E-state index contributed by atoms with van der Waals surface area (Å²) in [5.41, 5.74) is -0.455. The quantitative estimate of drug-likeness (QED) is 0.469. The molecule has 0 saturated carbocycles. The Morgan fingerprint density at radius 3 is 2.36 bits per heavy atom. The first-order chi connectivity index (χ1) is 10.4. The van der Waals surface area contributed by atoms with Gasteiger partial charge in [-0.15, -0.1) is 0 Å². The summed E-state index contributed by atoms with van der Waals surface area (Å²) < 4.78 is 11.3. The fraction of sp³-hybridized carbons (Fsp3) is 0.875. The Hall–Kier alpha value is -1.30. The maximum atomic E-state index is 11.8. The number of esters is 1. The van der Waals surface area contributed by atoms with E-state index in [9.17, 15) is 4.79 Å². The van der Waals surface area contributed by atoms with Gasteiger partial charge in [-0.3, -0.25) is 9.79 Å². The van der Waals surface area contributed by atoms with Crippen molar-refractivity contribution in [2.45, 2.75) is 51.4 Å². The van der Waals surface area contributed by atoms with Crippen LogP contribution in [0.25, 0.3) is 0 Å². The molecule has 3 aliphatic rings. The smallest absolute Gasteiger partial charge is 0.325 e. The summed E-state index contributed by atoms with van der Waals surface area (Å²) in [6, 6.07) is 0. The van der Waals surface area contributed by atoms with Gasteiger partial charge in [0.15, 0.2) is 5.96 Å². The predicted molar refractivity (Wildman–Crippen MR) is 83.7 cm³/mol. The first-order valence-corrected chi connectivity index (χ1v) is 8.20. The Kier molecular flexibility index (Phi) is 4.05. The fourth-order valence-corrected chi connectivity index (χ4v) is 3.99. The Labute approximate surface area is 132 Å². The minimum Gasteiger partial charge on any atom is -0.459 e. The normalized spacial score (nSPS) is 34.0. The number of nitrogens with one attached hydrogen (secondary N) is 1. The van der Waals surface area contributed by atoms with Gasteiger partial charge in [-0.05, 0) is 33.6 Å². The standard InChI is InChI=1S/C16H27N3O3/c1-16(2,3)22-14(20)7-18-15(17-4)19-8-10-11(9-19)13-6-5-12(10)21-13/h10-13H,5-9H2,1-4H3,(H,17,18). The molecule has 6 nitrogen and oxygen atoms in total. The van der Waals surface area contributed by atoms with E-state index in [2.05, 4.69) is 15.2 Å². The van der Waals surface area contributed by atoms with Crippen LogP contribution in [0.2, 0.25) is 0 Å². The number of rotatable bonds is 2. The van der Waals surface area contributed by atoms with Crippen LogP contribution in [0.3, 0.4) is 0 Å². The number of aliphatic imine (C=N–C) groups is 1. The summed E-state index contributed by atoms with van der Waals surface area (Å²) in [5.74, 6) is 1.79. The summed E-state index contributed by atoms with van der Waals surface area (Å²) in [4.78, 5) is 18.4. The van der Waals surface area contributed by atoms with Crippen molar-refractivity contribution < 1.29 is 14.3 Å². The number of carbonyl (C=O) groups excluding carboxylic acids is 1. The first kappa shape index (κ1) is 15.6. The highest BCUT2D eigenvalue weighted by Gasteiger charge is 2.53. The molecule has 4 atom stereocenters. The van der Waals surface area contributed by atoms with E-state index in [0.717, 1.165) is 19.0 Å². The van der Waals surface area contributed by atoms with E-state index in [1.807, 2.05) is 20.8 Å². The summed E-state index contributed by atoms with van der Waals surface area (Å²) in [5, 5.41) is 3.13. The highest BCUT2D eigenvalue weighted by Crippen LogP contribution is 2.47. The molecular weight excluding hydrogens is 282 g/mol. The van der Waals surface area contributed by atoms with E-state index in [1.165, 1.54) is 12.8 Å². The zero-order valence-corrected chi connectivity index (χ0v) is 14.0. The zero-order valence-electron chi connectivity index (χ0n) is 14.0. The second-order valence-electron chi connectivity index (χ2n) is 7.51. The van der Waals surface area contributed by atoms with Gasteiger partial charge in [0.2, 0.25) is 0 Å². The Morgan fingerprint density at radius 2 is 1.86 bits per heavy atom. The van der Waals surface area contributed by atoms with Crippen molar-refractivity contribution in [2.24, 2.45) is 16.8 Å². The van der Waals surface area contributed by atoms with Crippen molar-refractivity contribution in [3.8, 4) is 0 Å². The van der Waals surface area contributed by atoms with Crippen LogP contribution < -0.4 is 5.32 Å². The van der Waals surface area contributed by atoms with E-state index in [0.29, 0.717) is 24.0 Å². The van der Waals surface area contributed by atoms with Crippen LogP contribution in [-0.4, -0.2) is 61.3 Å². The largest absolute Gasteiger partial charge is 0.459 e. The minimum atomic E-state index is -0.455. The van der Waals surface area contributed by atoms with Crippen LogP contribution in [-0.2, 0) is 14.3 Å². The molecule has 0 aromatic carbocycles. The van der Waals surface area contributed by atoms with Gasteiger partial charge in [-0.25, -0.2) is 0 Å². The number of fused-ring (bicyclic) bond motifs is 5. The first-order valence-electron chi connectivity index (χ1n) is 8.20. The molecule has 0 spiro atoms. The van der Waals surface area contributed by atoms with Crippen LogP contribution in [0, 0.1) is 11.8 Å². The molecule has 0 aliphatic carbocycles. The van der Waals surface area contributed by atoms with Crippen LogP contribution in [0.5, 0.6) is 0 Å². The van der Waals surface area contributed by atoms with E-state index >= 15 is 0 Å². The maximum Gasteiger partial charge on any atom is 0.325 e. The lowest BCUT2D eigenvalue weighted by molar-refractivity contribution is -0.153. The molecule has 22 heavy (non-hydrogen) atoms. The summed E-state index contributed by atoms with van der Waals surface area (Å²) in [6.45, 7) is 7.71. The summed E-state index contributed by atoms with van der Waals surface area (Å²) in [6.07, 6.45) is 3.26. The molecule has 124 valence electrons. The van der Waals surface area contributed by atoms with E-state index in [4.69, 9.17) is 9.47 Å². The Balaban J connectivity index is 1.52. The lowest BCUT2D eigenvalue weighted by Gasteiger charge is -2.24. The summed E-state index contributed by atoms with van der Waals surface area (Å²) >= 11 is 0. The average Bonchev–Trinajstić information content (AvgIpc) is 3.09. The molecule has 1 N–H and O–H groups in total. The number of nitrogens with zero attached hydrogens (tertiary/aromatic N) is 2. The number of likely N-dealkylation sites (tertiary alicyclic amines) is 1. The third kappa shape index (κ3) is 3.07. The third-order valence-electron chi connectivity index (χ3n) is 4.77. The molecule has 0 amide bonds. The second kappa shape index (κ2) is 5.72. The van der Waals surface area contributed by atoms with Gasteiger partial charge >= 0.3 is 5.97 Å². The average molecular weight is 309 g/mol. The molecule has 3 saturated heterocycles. The van der Waals surface area contributed by atoms with Crippen molar-refractivity contribution in [3.63, 3.8) is 0 Å². The van der Waals surface area contributed by atoms with Gasteiger partial charge in [0.25, 0.3) is 0 Å². The van der Waals surface area contributed by atoms with Gasteiger partial charge < -0.3 is 19.7 Å². The Bertz CT molecular complexity index is 454. The molecule has 0 radical (unpaired) electrons. The maximum absolute atomic E-state index is 11.8. The predicted octanol–water partition coefficient (Wildman–Crippen LogP) is 1.01. The van der Waals surface area contributed by atoms with Crippen molar-refractivity contribution in [2.75, 3.05) is 26.7 Å². The minimum absolute atomic E-state index is 0.152. The third-order valence-corrected chi connectivity index (χ3v) is 4.77. The topological polar surface area (TPSA) is 63.2 Å².